The Morgan fingerprint density at radius 2 is 2.10 bits per heavy atom. The van der Waals surface area contributed by atoms with E-state index in [0.29, 0.717) is 24.1 Å². The van der Waals surface area contributed by atoms with Gasteiger partial charge in [-0.05, 0) is 30.5 Å². The molecule has 0 saturated heterocycles. The maximum absolute atomic E-state index is 14.0. The maximum atomic E-state index is 14.0. The van der Waals surface area contributed by atoms with Gasteiger partial charge in [0.15, 0.2) is 0 Å². The first-order valence-electron chi connectivity index (χ1n) is 6.71. The third kappa shape index (κ3) is 4.18. The lowest BCUT2D eigenvalue weighted by Crippen LogP contribution is -2.21. The Labute approximate surface area is 120 Å². The number of hydrogen-bond donors (Lipinski definition) is 2. The number of ether oxygens (including phenoxy) is 1. The average molecular weight is 302 g/mol. The van der Waals surface area contributed by atoms with Gasteiger partial charge < -0.3 is 15.8 Å². The summed E-state index contributed by atoms with van der Waals surface area (Å²) in [5.41, 5.74) is 7.48. The van der Waals surface area contributed by atoms with Crippen LogP contribution in [-0.2, 0) is 16.0 Å². The molecular formula is C14H17F3N2O2. The van der Waals surface area contributed by atoms with Crippen LogP contribution in [-0.4, -0.2) is 25.5 Å². The van der Waals surface area contributed by atoms with Gasteiger partial charge in [0.2, 0.25) is 5.91 Å². The maximum Gasteiger partial charge on any atom is 0.261 e. The fourth-order valence-electron chi connectivity index (χ4n) is 2.24. The van der Waals surface area contributed by atoms with Crippen LogP contribution >= 0.6 is 0 Å². The van der Waals surface area contributed by atoms with Gasteiger partial charge in [0, 0.05) is 30.3 Å². The predicted molar refractivity (Wildman–Crippen MR) is 71.7 cm³/mol. The first-order chi connectivity index (χ1) is 9.97. The van der Waals surface area contributed by atoms with Crippen LogP contribution < -0.4 is 11.1 Å². The number of hydrogen-bond acceptors (Lipinski definition) is 3. The smallest absolute Gasteiger partial charge is 0.261 e. The van der Waals surface area contributed by atoms with Crippen LogP contribution in [0.1, 0.15) is 30.0 Å². The number of anilines is 1. The van der Waals surface area contributed by atoms with Gasteiger partial charge in [0.25, 0.3) is 6.43 Å². The van der Waals surface area contributed by atoms with Crippen LogP contribution in [0.3, 0.4) is 0 Å². The second-order valence-corrected chi connectivity index (χ2v) is 4.94. The summed E-state index contributed by atoms with van der Waals surface area (Å²) in [5.74, 6) is -0.656. The highest BCUT2D eigenvalue weighted by atomic mass is 19.3. The van der Waals surface area contributed by atoms with Crippen molar-refractivity contribution in [2.45, 2.75) is 31.7 Å². The van der Waals surface area contributed by atoms with Crippen molar-refractivity contribution in [3.8, 4) is 0 Å². The summed E-state index contributed by atoms with van der Waals surface area (Å²) < 4.78 is 42.6. The Bertz CT molecular complexity index is 523. The molecule has 1 amide bonds. The van der Waals surface area contributed by atoms with Gasteiger partial charge in [0.1, 0.15) is 12.4 Å². The molecule has 4 nitrogen and oxygen atoms in total. The van der Waals surface area contributed by atoms with Crippen molar-refractivity contribution in [2.75, 3.05) is 18.5 Å². The molecule has 3 N–H and O–H groups in total. The molecule has 1 aromatic rings. The molecule has 1 heterocycles. The average Bonchev–Trinajstić information content (AvgIpc) is 2.42. The molecule has 0 aliphatic carbocycles. The first kappa shape index (κ1) is 15.8. The fourth-order valence-corrected chi connectivity index (χ4v) is 2.24. The molecule has 2 rings (SSSR count). The summed E-state index contributed by atoms with van der Waals surface area (Å²) in [6.07, 6.45) is -1.40. The van der Waals surface area contributed by atoms with E-state index in [0.717, 1.165) is 5.56 Å². The van der Waals surface area contributed by atoms with Crippen LogP contribution in [0.25, 0.3) is 0 Å². The van der Waals surface area contributed by atoms with Crippen molar-refractivity contribution in [1.29, 1.82) is 0 Å². The number of amides is 1. The Balaban J connectivity index is 2.01. The molecule has 1 unspecified atom stereocenters. The number of halogens is 3. The molecule has 0 bridgehead atoms. The lowest BCUT2D eigenvalue weighted by Gasteiger charge is -2.20. The third-order valence-corrected chi connectivity index (χ3v) is 3.33. The van der Waals surface area contributed by atoms with Crippen LogP contribution in [0.5, 0.6) is 0 Å². The van der Waals surface area contributed by atoms with E-state index in [4.69, 9.17) is 10.5 Å². The summed E-state index contributed by atoms with van der Waals surface area (Å²) >= 11 is 0. The molecule has 0 radical (unpaired) electrons. The van der Waals surface area contributed by atoms with Crippen LogP contribution in [0.2, 0.25) is 0 Å². The number of aryl methyl sites for hydroxylation is 1. The topological polar surface area (TPSA) is 64.3 Å². The third-order valence-electron chi connectivity index (χ3n) is 3.33. The van der Waals surface area contributed by atoms with E-state index in [1.165, 1.54) is 6.07 Å². The predicted octanol–water partition coefficient (Wildman–Crippen LogP) is 2.38. The summed E-state index contributed by atoms with van der Waals surface area (Å²) in [5, 5.41) is 2.60. The van der Waals surface area contributed by atoms with Gasteiger partial charge in [-0.1, -0.05) is 0 Å². The highest BCUT2D eigenvalue weighted by molar-refractivity contribution is 5.93. The van der Waals surface area contributed by atoms with Crippen LogP contribution in [0, 0.1) is 5.82 Å². The van der Waals surface area contributed by atoms with Crippen molar-refractivity contribution < 1.29 is 22.7 Å². The molecule has 7 heteroatoms. The molecular weight excluding hydrogens is 285 g/mol. The Hall–Kier alpha value is -1.60. The normalized spacial score (nSPS) is 15.8. The zero-order valence-electron chi connectivity index (χ0n) is 11.4. The number of fused-ring (bicyclic) bond motifs is 1. The van der Waals surface area contributed by atoms with E-state index < -0.39 is 24.9 Å². The molecule has 116 valence electrons. The lowest BCUT2D eigenvalue weighted by molar-refractivity contribution is -0.116. The fraction of sp³-hybridized carbons (Fsp3) is 0.500. The molecule has 1 aliphatic rings. The molecule has 0 fully saturated rings. The monoisotopic (exact) mass is 302 g/mol. The number of alkyl halides is 2. The molecule has 1 aromatic carbocycles. The van der Waals surface area contributed by atoms with E-state index in [1.807, 2.05) is 0 Å². The number of benzene rings is 1. The van der Waals surface area contributed by atoms with Crippen LogP contribution in [0.15, 0.2) is 12.1 Å². The summed E-state index contributed by atoms with van der Waals surface area (Å²) in [7, 11) is 0. The van der Waals surface area contributed by atoms with Crippen molar-refractivity contribution in [2.24, 2.45) is 5.73 Å². The summed E-state index contributed by atoms with van der Waals surface area (Å²) in [6.45, 7) is -0.607. The molecule has 21 heavy (non-hydrogen) atoms. The van der Waals surface area contributed by atoms with Gasteiger partial charge in [-0.2, -0.15) is 0 Å². The molecule has 0 spiro atoms. The number of carbonyl (C=O) groups is 1. The second-order valence-electron chi connectivity index (χ2n) is 4.94. The van der Waals surface area contributed by atoms with E-state index in [2.05, 4.69) is 5.32 Å². The largest absolute Gasteiger partial charge is 0.375 e. The zero-order valence-corrected chi connectivity index (χ0v) is 11.4. The molecule has 0 aromatic heterocycles. The second kappa shape index (κ2) is 6.91. The quantitative estimate of drug-likeness (QED) is 0.793. The van der Waals surface area contributed by atoms with E-state index >= 15 is 0 Å². The SMILES string of the molecule is NC(CCOCC(F)F)c1cc2c(cc1F)NC(=O)CC2. The number of nitrogens with one attached hydrogen (secondary N) is 1. The number of carbonyl (C=O) groups excluding carboxylic acids is 1. The highest BCUT2D eigenvalue weighted by Gasteiger charge is 2.20. The Kier molecular flexibility index (Phi) is 5.19. The van der Waals surface area contributed by atoms with Gasteiger partial charge >= 0.3 is 0 Å². The molecule has 1 aliphatic heterocycles. The zero-order chi connectivity index (χ0) is 15.4. The molecule has 0 saturated carbocycles. The van der Waals surface area contributed by atoms with Crippen molar-refractivity contribution in [1.82, 2.24) is 0 Å². The van der Waals surface area contributed by atoms with E-state index in [9.17, 15) is 18.0 Å². The number of nitrogens with two attached hydrogens (primary N) is 1. The van der Waals surface area contributed by atoms with Crippen molar-refractivity contribution >= 4 is 11.6 Å². The van der Waals surface area contributed by atoms with Crippen LogP contribution in [0.4, 0.5) is 18.9 Å². The lowest BCUT2D eigenvalue weighted by atomic mass is 9.96. The summed E-state index contributed by atoms with van der Waals surface area (Å²) in [6, 6.07) is 2.24. The van der Waals surface area contributed by atoms with Gasteiger partial charge in [-0.15, -0.1) is 0 Å². The Morgan fingerprint density at radius 1 is 1.33 bits per heavy atom. The standard InChI is InChI=1S/C14H17F3N2O2/c15-10-6-12-8(1-2-14(20)19-12)5-9(10)11(18)3-4-21-7-13(16)17/h5-6,11,13H,1-4,7,18H2,(H,19,20). The minimum Gasteiger partial charge on any atom is -0.375 e. The minimum atomic E-state index is -2.52. The van der Waals surface area contributed by atoms with Gasteiger partial charge in [0.05, 0.1) is 0 Å². The number of rotatable bonds is 6. The van der Waals surface area contributed by atoms with Gasteiger partial charge in [-0.3, -0.25) is 4.79 Å². The van der Waals surface area contributed by atoms with Crippen molar-refractivity contribution in [3.05, 3.63) is 29.1 Å². The minimum absolute atomic E-state index is 0.0404. The summed E-state index contributed by atoms with van der Waals surface area (Å²) in [4.78, 5) is 11.2. The van der Waals surface area contributed by atoms with E-state index in [1.54, 1.807) is 6.07 Å². The first-order valence-corrected chi connectivity index (χ1v) is 6.71. The van der Waals surface area contributed by atoms with Crippen molar-refractivity contribution in [3.63, 3.8) is 0 Å². The Morgan fingerprint density at radius 3 is 2.81 bits per heavy atom. The van der Waals surface area contributed by atoms with Gasteiger partial charge in [-0.25, -0.2) is 13.2 Å². The van der Waals surface area contributed by atoms with E-state index in [-0.39, 0.29) is 18.9 Å². The molecule has 1 atom stereocenters. The highest BCUT2D eigenvalue weighted by Crippen LogP contribution is 2.29.